The van der Waals surface area contributed by atoms with Crippen LogP contribution in [0.5, 0.6) is 5.75 Å². The molecule has 0 spiro atoms. The van der Waals surface area contributed by atoms with Crippen molar-refractivity contribution in [1.29, 1.82) is 0 Å². The lowest BCUT2D eigenvalue weighted by molar-refractivity contribution is -0.136. The highest BCUT2D eigenvalue weighted by molar-refractivity contribution is 6.08. The van der Waals surface area contributed by atoms with E-state index in [1.807, 2.05) is 18.2 Å². The molecule has 6 rings (SSSR count). The molecule has 2 aromatic carbocycles. The van der Waals surface area contributed by atoms with E-state index in [0.29, 0.717) is 18.9 Å². The van der Waals surface area contributed by atoms with Gasteiger partial charge in [0.2, 0.25) is 0 Å². The molecule has 42 heavy (non-hydrogen) atoms. The van der Waals surface area contributed by atoms with Gasteiger partial charge in [0, 0.05) is 24.6 Å². The van der Waals surface area contributed by atoms with Gasteiger partial charge in [-0.05, 0) is 85.9 Å². The molecule has 8 nitrogen and oxygen atoms in total. The topological polar surface area (TPSA) is 144 Å². The summed E-state index contributed by atoms with van der Waals surface area (Å²) in [5, 5.41) is 44.4. The van der Waals surface area contributed by atoms with E-state index < -0.39 is 29.1 Å². The lowest BCUT2D eigenvalue weighted by Gasteiger charge is -2.48. The van der Waals surface area contributed by atoms with Crippen LogP contribution in [0.1, 0.15) is 68.6 Å². The molecule has 0 aromatic heterocycles. The first-order chi connectivity index (χ1) is 20.0. The number of carbonyl (C=O) groups is 2. The van der Waals surface area contributed by atoms with Gasteiger partial charge >= 0.3 is 0 Å². The van der Waals surface area contributed by atoms with Crippen molar-refractivity contribution < 1.29 is 30.0 Å². The molecule has 4 aliphatic carbocycles. The number of ketones is 1. The Bertz CT molecular complexity index is 1520. The number of primary amides is 1. The second kappa shape index (κ2) is 10.6. The Hall–Kier alpha value is -3.62. The highest BCUT2D eigenvalue weighted by atomic mass is 16.3. The van der Waals surface area contributed by atoms with Crippen LogP contribution in [0.3, 0.4) is 0 Å². The summed E-state index contributed by atoms with van der Waals surface area (Å²) >= 11 is 0. The van der Waals surface area contributed by atoms with Crippen molar-refractivity contribution in [1.82, 2.24) is 4.90 Å². The van der Waals surface area contributed by atoms with Crippen molar-refractivity contribution in [2.24, 2.45) is 23.5 Å². The van der Waals surface area contributed by atoms with Gasteiger partial charge in [0.15, 0.2) is 5.78 Å². The number of aliphatic hydroxyl groups excluding tert-OH is 2. The Morgan fingerprint density at radius 3 is 2.52 bits per heavy atom. The van der Waals surface area contributed by atoms with Crippen LogP contribution >= 0.6 is 0 Å². The van der Waals surface area contributed by atoms with Crippen molar-refractivity contribution >= 4 is 17.4 Å². The SMILES string of the molecule is CN(Cc1cccc(-c2ccc(O)c3c2CC2CC4CC(O)=C(C(N)=O)[C@](C)(O)C4C(=O)C2=C3O)c1)C1CCCCC1. The number of phenols is 1. The summed E-state index contributed by atoms with van der Waals surface area (Å²) in [6.07, 6.45) is 7.20. The number of phenolic OH excluding ortho intramolecular Hbond substituents is 1. The van der Waals surface area contributed by atoms with Crippen LogP contribution < -0.4 is 5.73 Å². The second-order valence-corrected chi connectivity index (χ2v) is 12.9. The number of amides is 1. The van der Waals surface area contributed by atoms with Crippen LogP contribution in [-0.4, -0.2) is 55.7 Å². The first-order valence-corrected chi connectivity index (χ1v) is 15.1. The molecule has 0 aliphatic heterocycles. The van der Waals surface area contributed by atoms with Crippen molar-refractivity contribution in [2.45, 2.75) is 76.5 Å². The molecule has 1 amide bonds. The summed E-state index contributed by atoms with van der Waals surface area (Å²) in [7, 11) is 2.19. The van der Waals surface area contributed by atoms with E-state index in [4.69, 9.17) is 5.73 Å². The fraction of sp³-hybridized carbons (Fsp3) is 0.471. The number of nitrogens with two attached hydrogens (primary N) is 1. The molecule has 6 N–H and O–H groups in total. The smallest absolute Gasteiger partial charge is 0.250 e. The van der Waals surface area contributed by atoms with E-state index in [9.17, 15) is 30.0 Å². The van der Waals surface area contributed by atoms with Crippen LogP contribution in [0.2, 0.25) is 0 Å². The van der Waals surface area contributed by atoms with E-state index in [1.54, 1.807) is 6.07 Å². The zero-order valence-electron chi connectivity index (χ0n) is 24.3. The first-order valence-electron chi connectivity index (χ1n) is 15.1. The van der Waals surface area contributed by atoms with Crippen molar-refractivity contribution in [3.63, 3.8) is 0 Å². The maximum atomic E-state index is 13.9. The number of Topliss-reactive ketones (excluding diaryl/α,β-unsaturated/α-hetero) is 1. The number of allylic oxidation sites excluding steroid dienone is 2. The van der Waals surface area contributed by atoms with Gasteiger partial charge in [0.05, 0.1) is 17.1 Å². The number of carbonyl (C=O) groups excluding carboxylic acids is 2. The molecule has 222 valence electrons. The summed E-state index contributed by atoms with van der Waals surface area (Å²) in [6, 6.07) is 12.4. The number of aromatic hydroxyl groups is 1. The van der Waals surface area contributed by atoms with E-state index >= 15 is 0 Å². The minimum Gasteiger partial charge on any atom is -0.512 e. The predicted octanol–water partition coefficient (Wildman–Crippen LogP) is 4.92. The number of hydrogen-bond donors (Lipinski definition) is 5. The Labute approximate surface area is 246 Å². The Morgan fingerprint density at radius 2 is 1.81 bits per heavy atom. The molecular weight excluding hydrogens is 532 g/mol. The van der Waals surface area contributed by atoms with Gasteiger partial charge in [-0.25, -0.2) is 0 Å². The number of hydrogen-bond acceptors (Lipinski definition) is 7. The van der Waals surface area contributed by atoms with Crippen molar-refractivity contribution in [3.8, 4) is 16.9 Å². The Kier molecular flexibility index (Phi) is 7.18. The van der Waals surface area contributed by atoms with Crippen LogP contribution in [0.25, 0.3) is 16.9 Å². The Morgan fingerprint density at radius 1 is 1.07 bits per heavy atom. The number of benzene rings is 2. The van der Waals surface area contributed by atoms with Crippen LogP contribution in [0.4, 0.5) is 0 Å². The molecule has 4 atom stereocenters. The third-order valence-electron chi connectivity index (χ3n) is 10.2. The summed E-state index contributed by atoms with van der Waals surface area (Å²) in [5.41, 5.74) is 7.34. The van der Waals surface area contributed by atoms with Crippen LogP contribution in [0, 0.1) is 17.8 Å². The quantitative estimate of drug-likeness (QED) is 0.342. The number of nitrogens with zero attached hydrogens (tertiary/aromatic N) is 1. The van der Waals surface area contributed by atoms with E-state index in [-0.39, 0.29) is 46.3 Å². The van der Waals surface area contributed by atoms with E-state index in [0.717, 1.165) is 23.2 Å². The van der Waals surface area contributed by atoms with Gasteiger partial charge in [-0.1, -0.05) is 43.5 Å². The molecule has 0 radical (unpaired) electrons. The monoisotopic (exact) mass is 572 g/mol. The highest BCUT2D eigenvalue weighted by Crippen LogP contribution is 2.54. The fourth-order valence-corrected chi connectivity index (χ4v) is 8.34. The van der Waals surface area contributed by atoms with Crippen LogP contribution in [0.15, 0.2) is 53.3 Å². The standard InChI is InChI=1S/C34H40N2O6/c1-34(42)29-21(16-26(38)30(34)33(35)41)14-20-15-24-23(11-12-25(37)28(24)31(39)27(20)32(29)40)19-8-6-7-18(13-19)17-36(2)22-9-4-3-5-10-22/h6-8,11-13,20-22,29,37-39,42H,3-5,9-10,14-17H2,1-2H3,(H2,35,41)/t20?,21?,29?,34-/m1/s1. The fourth-order valence-electron chi connectivity index (χ4n) is 8.34. The lowest BCUT2D eigenvalue weighted by Crippen LogP contribution is -2.55. The predicted molar refractivity (Wildman–Crippen MR) is 159 cm³/mol. The molecular formula is C34H40N2O6. The zero-order valence-corrected chi connectivity index (χ0v) is 24.3. The molecule has 8 heteroatoms. The maximum absolute atomic E-state index is 13.9. The Balaban J connectivity index is 1.37. The van der Waals surface area contributed by atoms with E-state index in [2.05, 4.69) is 24.1 Å². The summed E-state index contributed by atoms with van der Waals surface area (Å²) in [5.74, 6) is -4.00. The lowest BCUT2D eigenvalue weighted by atomic mass is 9.57. The summed E-state index contributed by atoms with van der Waals surface area (Å²) < 4.78 is 0. The van der Waals surface area contributed by atoms with Gasteiger partial charge in [0.25, 0.3) is 5.91 Å². The summed E-state index contributed by atoms with van der Waals surface area (Å²) in [6.45, 7) is 2.15. The molecule has 0 saturated heterocycles. The molecule has 3 unspecified atom stereocenters. The van der Waals surface area contributed by atoms with Gasteiger partial charge in [-0.2, -0.15) is 0 Å². The third-order valence-corrected chi connectivity index (χ3v) is 10.2. The first kappa shape index (κ1) is 28.5. The van der Waals surface area contributed by atoms with Crippen molar-refractivity contribution in [3.05, 3.63) is 70.0 Å². The molecule has 0 heterocycles. The number of fused-ring (bicyclic) bond motifs is 3. The average Bonchev–Trinajstić information content (AvgIpc) is 2.92. The van der Waals surface area contributed by atoms with Crippen molar-refractivity contribution in [2.75, 3.05) is 7.05 Å². The van der Waals surface area contributed by atoms with Gasteiger partial charge < -0.3 is 26.2 Å². The molecule has 4 aliphatic rings. The average molecular weight is 573 g/mol. The zero-order chi connectivity index (χ0) is 29.9. The van der Waals surface area contributed by atoms with E-state index in [1.165, 1.54) is 44.6 Å². The largest absolute Gasteiger partial charge is 0.512 e. The van der Waals surface area contributed by atoms with Gasteiger partial charge in [-0.3, -0.25) is 14.5 Å². The molecule has 2 aromatic rings. The maximum Gasteiger partial charge on any atom is 0.250 e. The second-order valence-electron chi connectivity index (χ2n) is 12.9. The highest BCUT2D eigenvalue weighted by Gasteiger charge is 2.56. The van der Waals surface area contributed by atoms with Gasteiger partial charge in [0.1, 0.15) is 22.9 Å². The molecule has 2 fully saturated rings. The number of aliphatic hydroxyl groups is 3. The normalized spacial score (nSPS) is 28.0. The molecule has 0 bridgehead atoms. The van der Waals surface area contributed by atoms with Gasteiger partial charge in [-0.15, -0.1) is 0 Å². The molecule has 2 saturated carbocycles. The minimum atomic E-state index is -1.98. The minimum absolute atomic E-state index is 0.0473. The number of rotatable bonds is 5. The summed E-state index contributed by atoms with van der Waals surface area (Å²) in [4.78, 5) is 28.4. The third kappa shape index (κ3) is 4.61. The van der Waals surface area contributed by atoms with Crippen LogP contribution in [-0.2, 0) is 22.6 Å².